The van der Waals surface area contributed by atoms with Crippen LogP contribution in [0.5, 0.6) is 0 Å². The highest BCUT2D eigenvalue weighted by Crippen LogP contribution is 2.25. The minimum atomic E-state index is 0.354. The van der Waals surface area contributed by atoms with Gasteiger partial charge in [-0.2, -0.15) is 0 Å². The Morgan fingerprint density at radius 1 is 1.31 bits per heavy atom. The predicted octanol–water partition coefficient (Wildman–Crippen LogP) is 2.16. The molecule has 1 aliphatic rings. The van der Waals surface area contributed by atoms with E-state index >= 15 is 0 Å². The molecule has 2 nitrogen and oxygen atoms in total. The molecule has 1 unspecified atom stereocenters. The first-order chi connectivity index (χ1) is 7.68. The van der Waals surface area contributed by atoms with E-state index in [1.807, 2.05) is 0 Å². The molecular weight excluding hydrogens is 196 g/mol. The Labute approximate surface area is 98.4 Å². The fourth-order valence-electron chi connectivity index (χ4n) is 2.39. The Hall–Kier alpha value is -0.860. The number of nitrogens with one attached hydrogen (secondary N) is 2. The van der Waals surface area contributed by atoms with Crippen molar-refractivity contribution in [2.75, 3.05) is 13.1 Å². The molecule has 1 aromatic carbocycles. The summed E-state index contributed by atoms with van der Waals surface area (Å²) in [5.74, 6) is 0. The van der Waals surface area contributed by atoms with Crippen LogP contribution in [0.4, 0.5) is 0 Å². The third-order valence-electron chi connectivity index (χ3n) is 3.53. The number of rotatable bonds is 3. The molecule has 0 spiro atoms. The van der Waals surface area contributed by atoms with Crippen LogP contribution in [0.2, 0.25) is 0 Å². The van der Waals surface area contributed by atoms with E-state index in [4.69, 9.17) is 0 Å². The first-order valence-corrected chi connectivity index (χ1v) is 6.16. The topological polar surface area (TPSA) is 24.1 Å². The quantitative estimate of drug-likeness (QED) is 0.812. The number of piperidine rings is 1. The lowest BCUT2D eigenvalue weighted by Gasteiger charge is -2.39. The van der Waals surface area contributed by atoms with Crippen molar-refractivity contribution in [1.29, 1.82) is 0 Å². The van der Waals surface area contributed by atoms with Crippen molar-refractivity contribution in [3.05, 3.63) is 35.9 Å². The molecule has 1 saturated heterocycles. The SMILES string of the molecule is CC1(C)CNCCC1NCc1ccccc1. The molecule has 88 valence electrons. The molecule has 1 heterocycles. The first-order valence-electron chi connectivity index (χ1n) is 6.16. The van der Waals surface area contributed by atoms with E-state index in [1.165, 1.54) is 12.0 Å². The zero-order valence-corrected chi connectivity index (χ0v) is 10.3. The van der Waals surface area contributed by atoms with Gasteiger partial charge in [0.2, 0.25) is 0 Å². The summed E-state index contributed by atoms with van der Waals surface area (Å²) in [6.07, 6.45) is 1.22. The van der Waals surface area contributed by atoms with Gasteiger partial charge in [0, 0.05) is 19.1 Å². The smallest absolute Gasteiger partial charge is 0.0208 e. The number of hydrogen-bond acceptors (Lipinski definition) is 2. The van der Waals surface area contributed by atoms with Gasteiger partial charge in [-0.05, 0) is 23.9 Å². The highest BCUT2D eigenvalue weighted by molar-refractivity contribution is 5.14. The highest BCUT2D eigenvalue weighted by Gasteiger charge is 2.31. The third kappa shape index (κ3) is 2.83. The fourth-order valence-corrected chi connectivity index (χ4v) is 2.39. The van der Waals surface area contributed by atoms with Crippen LogP contribution in [-0.2, 0) is 6.54 Å². The number of hydrogen-bond donors (Lipinski definition) is 2. The second-order valence-corrected chi connectivity index (χ2v) is 5.37. The Balaban J connectivity index is 1.90. The molecule has 2 rings (SSSR count). The first kappa shape index (κ1) is 11.6. The van der Waals surface area contributed by atoms with Crippen molar-refractivity contribution in [2.45, 2.75) is 32.9 Å². The maximum absolute atomic E-state index is 3.69. The molecule has 1 aliphatic heterocycles. The van der Waals surface area contributed by atoms with E-state index in [2.05, 4.69) is 54.8 Å². The summed E-state index contributed by atoms with van der Waals surface area (Å²) in [6.45, 7) is 7.90. The molecule has 0 bridgehead atoms. The van der Waals surface area contributed by atoms with Gasteiger partial charge in [-0.25, -0.2) is 0 Å². The van der Waals surface area contributed by atoms with Gasteiger partial charge >= 0.3 is 0 Å². The van der Waals surface area contributed by atoms with E-state index in [1.54, 1.807) is 0 Å². The zero-order chi connectivity index (χ0) is 11.4. The van der Waals surface area contributed by atoms with Crippen molar-refractivity contribution < 1.29 is 0 Å². The lowest BCUT2D eigenvalue weighted by molar-refractivity contribution is 0.184. The Morgan fingerprint density at radius 3 is 2.75 bits per heavy atom. The van der Waals surface area contributed by atoms with Crippen LogP contribution in [0.25, 0.3) is 0 Å². The van der Waals surface area contributed by atoms with Crippen LogP contribution < -0.4 is 10.6 Å². The molecule has 1 fully saturated rings. The predicted molar refractivity (Wildman–Crippen MR) is 68.3 cm³/mol. The average Bonchev–Trinajstić information content (AvgIpc) is 2.28. The van der Waals surface area contributed by atoms with Crippen LogP contribution in [-0.4, -0.2) is 19.1 Å². The van der Waals surface area contributed by atoms with E-state index in [9.17, 15) is 0 Å². The van der Waals surface area contributed by atoms with E-state index < -0.39 is 0 Å². The van der Waals surface area contributed by atoms with Crippen LogP contribution in [0.1, 0.15) is 25.8 Å². The summed E-state index contributed by atoms with van der Waals surface area (Å²) in [7, 11) is 0. The van der Waals surface area contributed by atoms with E-state index in [-0.39, 0.29) is 0 Å². The van der Waals surface area contributed by atoms with Crippen LogP contribution in [0.15, 0.2) is 30.3 Å². The lowest BCUT2D eigenvalue weighted by atomic mass is 9.80. The van der Waals surface area contributed by atoms with Gasteiger partial charge in [0.25, 0.3) is 0 Å². The minimum absolute atomic E-state index is 0.354. The second-order valence-electron chi connectivity index (χ2n) is 5.37. The van der Waals surface area contributed by atoms with Crippen molar-refractivity contribution >= 4 is 0 Å². The molecule has 0 amide bonds. The van der Waals surface area contributed by atoms with Gasteiger partial charge in [0.1, 0.15) is 0 Å². The molecule has 0 aliphatic carbocycles. The minimum Gasteiger partial charge on any atom is -0.316 e. The number of benzene rings is 1. The molecule has 0 aromatic heterocycles. The fraction of sp³-hybridized carbons (Fsp3) is 0.571. The molecule has 1 aromatic rings. The molecule has 1 atom stereocenters. The Bertz CT molecular complexity index is 319. The highest BCUT2D eigenvalue weighted by atomic mass is 15.0. The van der Waals surface area contributed by atoms with Crippen LogP contribution in [0.3, 0.4) is 0 Å². The normalized spacial score (nSPS) is 24.2. The summed E-state index contributed by atoms with van der Waals surface area (Å²) in [5, 5.41) is 7.15. The maximum Gasteiger partial charge on any atom is 0.0208 e. The maximum atomic E-state index is 3.69. The zero-order valence-electron chi connectivity index (χ0n) is 10.3. The monoisotopic (exact) mass is 218 g/mol. The molecule has 0 saturated carbocycles. The van der Waals surface area contributed by atoms with Gasteiger partial charge in [-0.3, -0.25) is 0 Å². The molecular formula is C14H22N2. The molecule has 16 heavy (non-hydrogen) atoms. The third-order valence-corrected chi connectivity index (χ3v) is 3.53. The van der Waals surface area contributed by atoms with Crippen LogP contribution >= 0.6 is 0 Å². The standard InChI is InChI=1S/C14H22N2/c1-14(2)11-15-9-8-13(14)16-10-12-6-4-3-5-7-12/h3-7,13,15-16H,8-11H2,1-2H3. The summed E-state index contributed by atoms with van der Waals surface area (Å²) in [5.41, 5.74) is 1.73. The summed E-state index contributed by atoms with van der Waals surface area (Å²) in [6, 6.07) is 11.3. The summed E-state index contributed by atoms with van der Waals surface area (Å²) < 4.78 is 0. The van der Waals surface area contributed by atoms with Gasteiger partial charge in [-0.15, -0.1) is 0 Å². The van der Waals surface area contributed by atoms with Gasteiger partial charge in [0.05, 0.1) is 0 Å². The van der Waals surface area contributed by atoms with Crippen molar-refractivity contribution in [3.8, 4) is 0 Å². The largest absolute Gasteiger partial charge is 0.316 e. The van der Waals surface area contributed by atoms with E-state index in [0.29, 0.717) is 11.5 Å². The Kier molecular flexibility index (Phi) is 3.62. The van der Waals surface area contributed by atoms with Gasteiger partial charge < -0.3 is 10.6 Å². The van der Waals surface area contributed by atoms with Crippen molar-refractivity contribution in [2.24, 2.45) is 5.41 Å². The molecule has 2 N–H and O–H groups in total. The van der Waals surface area contributed by atoms with Crippen LogP contribution in [0, 0.1) is 5.41 Å². The van der Waals surface area contributed by atoms with Crippen molar-refractivity contribution in [1.82, 2.24) is 10.6 Å². The average molecular weight is 218 g/mol. The summed E-state index contributed by atoms with van der Waals surface area (Å²) >= 11 is 0. The van der Waals surface area contributed by atoms with Gasteiger partial charge in [0.15, 0.2) is 0 Å². The lowest BCUT2D eigenvalue weighted by Crippen LogP contribution is -2.52. The van der Waals surface area contributed by atoms with Crippen molar-refractivity contribution in [3.63, 3.8) is 0 Å². The molecule has 2 heteroatoms. The molecule has 0 radical (unpaired) electrons. The Morgan fingerprint density at radius 2 is 2.06 bits per heavy atom. The van der Waals surface area contributed by atoms with Gasteiger partial charge in [-0.1, -0.05) is 44.2 Å². The summed E-state index contributed by atoms with van der Waals surface area (Å²) in [4.78, 5) is 0. The second kappa shape index (κ2) is 4.98. The van der Waals surface area contributed by atoms with E-state index in [0.717, 1.165) is 19.6 Å².